The number of alkyl halides is 4. The molecule has 2 aromatic carbocycles. The van der Waals surface area contributed by atoms with Crippen LogP contribution in [-0.4, -0.2) is 65.5 Å². The van der Waals surface area contributed by atoms with Gasteiger partial charge < -0.3 is 15.8 Å². The minimum Gasteiger partial charge on any atom is -0.447 e. The highest BCUT2D eigenvalue weighted by atomic mass is 35.5. The van der Waals surface area contributed by atoms with Gasteiger partial charge in [-0.15, -0.1) is 0 Å². The Bertz CT molecular complexity index is 2100. The molecule has 3 aliphatic rings. The van der Waals surface area contributed by atoms with E-state index >= 15 is 4.79 Å². The second-order valence-electron chi connectivity index (χ2n) is 15.5. The Balaban J connectivity index is 1.26. The average Bonchev–Trinajstić information content (AvgIpc) is 3.97. The molecule has 0 unspecified atom stereocenters. The van der Waals surface area contributed by atoms with Gasteiger partial charge in [0.05, 0.1) is 29.0 Å². The van der Waals surface area contributed by atoms with Gasteiger partial charge in [-0.25, -0.2) is 37.0 Å². The number of aliphatic imine (C=N–C) groups is 1. The summed E-state index contributed by atoms with van der Waals surface area (Å²) in [7, 11) is 0. The van der Waals surface area contributed by atoms with Crippen LogP contribution in [0.3, 0.4) is 0 Å². The number of halogens is 5. The summed E-state index contributed by atoms with van der Waals surface area (Å²) >= 11 is 6.48. The Morgan fingerprint density at radius 1 is 1.07 bits per heavy atom. The molecule has 1 aliphatic heterocycles. The fraction of sp³-hybridized carbons (Fsp3) is 0.459. The topological polar surface area (TPSA) is 146 Å². The van der Waals surface area contributed by atoms with Gasteiger partial charge in [0.1, 0.15) is 18.5 Å². The normalized spacial score (nSPS) is 20.3. The Morgan fingerprint density at radius 2 is 1.78 bits per heavy atom. The maximum Gasteiger partial charge on any atom is 0.407 e. The van der Waals surface area contributed by atoms with Crippen LogP contribution in [0.4, 0.5) is 22.4 Å². The van der Waals surface area contributed by atoms with Crippen LogP contribution in [0.15, 0.2) is 66.2 Å². The van der Waals surface area contributed by atoms with Crippen molar-refractivity contribution in [1.82, 2.24) is 34.8 Å². The molecule has 286 valence electrons. The van der Waals surface area contributed by atoms with Gasteiger partial charge >= 0.3 is 6.09 Å². The minimum absolute atomic E-state index is 0.00249. The lowest BCUT2D eigenvalue weighted by Gasteiger charge is -2.35. The lowest BCUT2D eigenvalue weighted by molar-refractivity contribution is -0.135. The lowest BCUT2D eigenvalue weighted by atomic mass is 9.75. The number of ether oxygens (including phenoxy) is 1. The molecule has 7 rings (SSSR count). The number of hydrogen-bond donors (Lipinski definition) is 2. The van der Waals surface area contributed by atoms with Crippen molar-refractivity contribution in [2.45, 2.75) is 95.3 Å². The lowest BCUT2D eigenvalue weighted by Crippen LogP contribution is -2.50. The van der Waals surface area contributed by atoms with Crippen LogP contribution >= 0.6 is 11.6 Å². The maximum absolute atomic E-state index is 15.0. The first-order chi connectivity index (χ1) is 25.4. The molecule has 2 fully saturated rings. The molecule has 0 radical (unpaired) electrons. The van der Waals surface area contributed by atoms with E-state index in [0.717, 1.165) is 41.9 Å². The molecule has 54 heavy (non-hydrogen) atoms. The molecule has 2 saturated carbocycles. The van der Waals surface area contributed by atoms with Crippen LogP contribution in [0.2, 0.25) is 5.02 Å². The maximum atomic E-state index is 15.0. The predicted octanol–water partition coefficient (Wildman–Crippen LogP) is 7.50. The first-order valence-corrected chi connectivity index (χ1v) is 17.9. The number of nitrogens with one attached hydrogen (secondary N) is 1. The van der Waals surface area contributed by atoms with E-state index in [2.05, 4.69) is 20.5 Å². The molecule has 0 bridgehead atoms. The highest BCUT2D eigenvalue weighted by Gasteiger charge is 2.60. The van der Waals surface area contributed by atoms with Gasteiger partial charge in [0.15, 0.2) is 17.3 Å². The van der Waals surface area contributed by atoms with Gasteiger partial charge in [-0.2, -0.15) is 10.2 Å². The Labute approximate surface area is 313 Å². The molecule has 17 heteroatoms. The van der Waals surface area contributed by atoms with Gasteiger partial charge in [-0.1, -0.05) is 62.7 Å². The number of nitrogens with zero attached hydrogens (tertiary/aromatic N) is 7. The van der Waals surface area contributed by atoms with Gasteiger partial charge in [0.25, 0.3) is 18.3 Å². The van der Waals surface area contributed by atoms with Gasteiger partial charge in [-0.3, -0.25) is 14.4 Å². The molecule has 2 atom stereocenters. The zero-order valence-electron chi connectivity index (χ0n) is 30.1. The zero-order valence-corrected chi connectivity index (χ0v) is 30.8. The second kappa shape index (κ2) is 13.4. The van der Waals surface area contributed by atoms with Gasteiger partial charge in [0.2, 0.25) is 0 Å². The largest absolute Gasteiger partial charge is 0.447 e. The van der Waals surface area contributed by atoms with E-state index in [4.69, 9.17) is 27.1 Å². The van der Waals surface area contributed by atoms with E-state index in [-0.39, 0.29) is 41.5 Å². The molecule has 4 aromatic rings. The number of carbonyl (C=O) groups excluding carboxylic acids is 2. The monoisotopic (exact) mass is 769 g/mol. The summed E-state index contributed by atoms with van der Waals surface area (Å²) in [6.07, 6.45) is 3.13. The molecule has 2 aliphatic carbocycles. The van der Waals surface area contributed by atoms with E-state index in [0.29, 0.717) is 11.6 Å². The number of amides is 2. The molecule has 12 nitrogen and oxygen atoms in total. The smallest absolute Gasteiger partial charge is 0.407 e. The highest BCUT2D eigenvalue weighted by Crippen LogP contribution is 2.48. The van der Waals surface area contributed by atoms with E-state index in [9.17, 15) is 22.4 Å². The Morgan fingerprint density at radius 3 is 2.39 bits per heavy atom. The van der Waals surface area contributed by atoms with E-state index < -0.39 is 59.3 Å². The van der Waals surface area contributed by atoms with Crippen molar-refractivity contribution in [3.63, 3.8) is 0 Å². The van der Waals surface area contributed by atoms with Crippen molar-refractivity contribution in [1.29, 1.82) is 0 Å². The third kappa shape index (κ3) is 7.03. The minimum atomic E-state index is -3.21. The fourth-order valence-electron chi connectivity index (χ4n) is 7.03. The van der Waals surface area contributed by atoms with Crippen molar-refractivity contribution < 1.29 is 31.9 Å². The third-order valence-electron chi connectivity index (χ3n) is 10.1. The molecule has 2 amide bonds. The van der Waals surface area contributed by atoms with Crippen LogP contribution < -0.4 is 11.1 Å². The fourth-order valence-corrected chi connectivity index (χ4v) is 7.23. The number of guanidine groups is 1. The quantitative estimate of drug-likeness (QED) is 0.142. The van der Waals surface area contributed by atoms with E-state index in [1.165, 1.54) is 23.1 Å². The Hall–Kier alpha value is -4.99. The van der Waals surface area contributed by atoms with Crippen molar-refractivity contribution >= 4 is 29.6 Å². The van der Waals surface area contributed by atoms with Crippen molar-refractivity contribution in [3.8, 4) is 16.8 Å². The number of hydrogen-bond acceptors (Lipinski definition) is 8. The highest BCUT2D eigenvalue weighted by molar-refractivity contribution is 6.32. The summed E-state index contributed by atoms with van der Waals surface area (Å²) in [5.74, 6) is -4.62. The molecule has 2 aromatic heterocycles. The zero-order chi connectivity index (χ0) is 38.8. The molecule has 0 spiro atoms. The first kappa shape index (κ1) is 37.3. The van der Waals surface area contributed by atoms with Crippen LogP contribution in [0, 0.1) is 5.41 Å². The summed E-state index contributed by atoms with van der Waals surface area (Å²) in [5.41, 5.74) is 5.54. The van der Waals surface area contributed by atoms with E-state index in [1.54, 1.807) is 6.20 Å². The third-order valence-corrected chi connectivity index (χ3v) is 10.4. The molecule has 3 heterocycles. The van der Waals surface area contributed by atoms with Crippen LogP contribution in [0.25, 0.3) is 16.8 Å². The summed E-state index contributed by atoms with van der Waals surface area (Å²) in [5, 5.41) is 10.7. The summed E-state index contributed by atoms with van der Waals surface area (Å²) in [6.45, 7) is 6.03. The summed E-state index contributed by atoms with van der Waals surface area (Å²) < 4.78 is 64.8. The van der Waals surface area contributed by atoms with Crippen LogP contribution in [0.5, 0.6) is 0 Å². The summed E-state index contributed by atoms with van der Waals surface area (Å²) in [4.78, 5) is 37.7. The van der Waals surface area contributed by atoms with Crippen LogP contribution in [-0.2, 0) is 15.1 Å². The van der Waals surface area contributed by atoms with Crippen LogP contribution in [0.1, 0.15) is 95.3 Å². The predicted molar refractivity (Wildman–Crippen MR) is 191 cm³/mol. The Kier molecular flexibility index (Phi) is 9.26. The molecular weight excluding hydrogens is 730 g/mol. The van der Waals surface area contributed by atoms with Gasteiger partial charge in [0, 0.05) is 18.7 Å². The van der Waals surface area contributed by atoms with Gasteiger partial charge in [-0.05, 0) is 66.3 Å². The van der Waals surface area contributed by atoms with Crippen molar-refractivity contribution in [2.75, 3.05) is 6.61 Å². The summed E-state index contributed by atoms with van der Waals surface area (Å²) in [6, 6.07) is 11.0. The standard InChI is InChI=1S/C37H40ClF4N9O3/c1-34(2,3)19-37(24-8-5-21(6-9-24)23-16-45-49(17-23)25-10-11-25)31(52)50(32(43)47-37)28(18-54-33(53)48-36(13-14-36)35(4,41)42)22-7-12-26(38)27(15-22)51-30(29(39)40)44-20-46-51/h5-9,12,15-17,20,25,28-29H,10-11,13-14,18-19H2,1-4H3,(H2,43,47)(H,48,53)/t28-,37-/m1/s1. The number of alkyl carbamates (subject to hydrolysis) is 1. The molecule has 3 N–H and O–H groups in total. The molecule has 0 saturated heterocycles. The average molecular weight is 770 g/mol. The number of carbonyl (C=O) groups is 2. The number of benzene rings is 2. The number of rotatable bonds is 12. The number of nitrogens with two attached hydrogens (primary N) is 1. The molecular formula is C37H40ClF4N9O3. The SMILES string of the molecule is CC(C)(C)C[C@]1(c2ccc(-c3cnn(C4CC4)c3)cc2)N=C(N)N([C@H](COC(=O)NC2(C(C)(F)F)CC2)c2ccc(Cl)c(-n3ncnc3C(F)F)c2)C1=O. The van der Waals surface area contributed by atoms with E-state index in [1.807, 2.05) is 55.9 Å². The number of aromatic nitrogens is 5. The second-order valence-corrected chi connectivity index (χ2v) is 15.9. The first-order valence-electron chi connectivity index (χ1n) is 17.6. The van der Waals surface area contributed by atoms with Crippen molar-refractivity contribution in [2.24, 2.45) is 16.1 Å². The van der Waals surface area contributed by atoms with Crippen molar-refractivity contribution in [3.05, 3.63) is 83.2 Å².